The Balaban J connectivity index is 2.40. The van der Waals surface area contributed by atoms with Crippen molar-refractivity contribution in [2.75, 3.05) is 7.05 Å². The Morgan fingerprint density at radius 3 is 3.00 bits per heavy atom. The fourth-order valence-corrected chi connectivity index (χ4v) is 1.72. The van der Waals surface area contributed by atoms with Gasteiger partial charge in [0.2, 0.25) is 5.91 Å². The van der Waals surface area contributed by atoms with Crippen molar-refractivity contribution in [3.8, 4) is 0 Å². The summed E-state index contributed by atoms with van der Waals surface area (Å²) in [5.74, 6) is 0.0809. The number of carbonyl (C=O) groups is 1. The zero-order valence-corrected chi connectivity index (χ0v) is 9.96. The third kappa shape index (κ3) is 3.97. The van der Waals surface area contributed by atoms with Crippen molar-refractivity contribution in [2.24, 2.45) is 5.73 Å². The van der Waals surface area contributed by atoms with Crippen LogP contribution in [0.3, 0.4) is 0 Å². The van der Waals surface area contributed by atoms with Crippen molar-refractivity contribution >= 4 is 17.2 Å². The van der Waals surface area contributed by atoms with Crippen LogP contribution >= 0.6 is 11.3 Å². The van der Waals surface area contributed by atoms with Crippen molar-refractivity contribution in [3.05, 3.63) is 16.6 Å². The van der Waals surface area contributed by atoms with Gasteiger partial charge < -0.3 is 10.6 Å². The Hall–Kier alpha value is -0.940. The molecule has 0 spiro atoms. The summed E-state index contributed by atoms with van der Waals surface area (Å²) >= 11 is 1.54. The van der Waals surface area contributed by atoms with Gasteiger partial charge in [-0.25, -0.2) is 4.98 Å². The molecule has 2 N–H and O–H groups in total. The van der Waals surface area contributed by atoms with Crippen LogP contribution in [0.25, 0.3) is 0 Å². The Morgan fingerprint density at radius 1 is 1.73 bits per heavy atom. The quantitative estimate of drug-likeness (QED) is 0.823. The summed E-state index contributed by atoms with van der Waals surface area (Å²) in [7, 11) is 1.78. The molecule has 5 heteroatoms. The number of rotatable bonds is 5. The summed E-state index contributed by atoms with van der Waals surface area (Å²) in [6.45, 7) is 2.55. The molecule has 1 amide bonds. The van der Waals surface area contributed by atoms with Gasteiger partial charge in [0.1, 0.15) is 0 Å². The molecule has 1 aromatic rings. The van der Waals surface area contributed by atoms with Crippen LogP contribution in [-0.2, 0) is 11.3 Å². The van der Waals surface area contributed by atoms with Gasteiger partial charge in [-0.2, -0.15) is 0 Å². The van der Waals surface area contributed by atoms with Crippen molar-refractivity contribution in [1.82, 2.24) is 9.88 Å². The SMILES string of the molecule is CCC(N)CC(=O)N(C)Cc1cscn1. The molecule has 0 saturated heterocycles. The predicted octanol–water partition coefficient (Wildman–Crippen LogP) is 1.23. The van der Waals surface area contributed by atoms with E-state index in [1.807, 2.05) is 12.3 Å². The molecule has 0 aliphatic carbocycles. The van der Waals surface area contributed by atoms with Crippen LogP contribution in [0.4, 0.5) is 0 Å². The van der Waals surface area contributed by atoms with E-state index in [-0.39, 0.29) is 11.9 Å². The smallest absolute Gasteiger partial charge is 0.224 e. The molecular formula is C10H17N3OS. The molecule has 0 radical (unpaired) electrons. The highest BCUT2D eigenvalue weighted by molar-refractivity contribution is 7.07. The molecule has 1 rings (SSSR count). The number of hydrogen-bond acceptors (Lipinski definition) is 4. The van der Waals surface area contributed by atoms with Crippen LogP contribution in [0, 0.1) is 0 Å². The average molecular weight is 227 g/mol. The van der Waals surface area contributed by atoms with Crippen molar-refractivity contribution < 1.29 is 4.79 Å². The first-order valence-corrected chi connectivity index (χ1v) is 5.94. The lowest BCUT2D eigenvalue weighted by Crippen LogP contribution is -2.32. The number of amides is 1. The number of aromatic nitrogens is 1. The lowest BCUT2D eigenvalue weighted by molar-refractivity contribution is -0.130. The number of thiazole rings is 1. The van der Waals surface area contributed by atoms with E-state index in [0.717, 1.165) is 12.1 Å². The van der Waals surface area contributed by atoms with Gasteiger partial charge in [0.05, 0.1) is 17.7 Å². The second-order valence-corrected chi connectivity index (χ2v) is 4.32. The standard InChI is InChI=1S/C10H17N3OS/c1-3-8(11)4-10(14)13(2)5-9-6-15-7-12-9/h6-8H,3-5,11H2,1-2H3. The third-order valence-electron chi connectivity index (χ3n) is 2.27. The topological polar surface area (TPSA) is 59.2 Å². The number of carbonyl (C=O) groups excluding carboxylic acids is 1. The summed E-state index contributed by atoms with van der Waals surface area (Å²) in [4.78, 5) is 17.5. The maximum absolute atomic E-state index is 11.7. The Kier molecular flexibility index (Phi) is 4.71. The minimum Gasteiger partial charge on any atom is -0.340 e. The lowest BCUT2D eigenvalue weighted by Gasteiger charge is -2.17. The van der Waals surface area contributed by atoms with Gasteiger partial charge in [0.25, 0.3) is 0 Å². The minimum absolute atomic E-state index is 0.0321. The lowest BCUT2D eigenvalue weighted by atomic mass is 10.1. The van der Waals surface area contributed by atoms with Crippen LogP contribution in [0.2, 0.25) is 0 Å². The van der Waals surface area contributed by atoms with Gasteiger partial charge in [-0.3, -0.25) is 4.79 Å². The van der Waals surface area contributed by atoms with Crippen LogP contribution in [0.15, 0.2) is 10.9 Å². The van der Waals surface area contributed by atoms with Crippen LogP contribution < -0.4 is 5.73 Å². The fraction of sp³-hybridized carbons (Fsp3) is 0.600. The summed E-state index contributed by atoms with van der Waals surface area (Å²) in [6, 6.07) is -0.0321. The largest absolute Gasteiger partial charge is 0.340 e. The normalized spacial score (nSPS) is 12.5. The second kappa shape index (κ2) is 5.82. The minimum atomic E-state index is -0.0321. The monoisotopic (exact) mass is 227 g/mol. The van der Waals surface area contributed by atoms with Gasteiger partial charge in [-0.15, -0.1) is 11.3 Å². The second-order valence-electron chi connectivity index (χ2n) is 3.60. The number of hydrogen-bond donors (Lipinski definition) is 1. The van der Waals surface area contributed by atoms with Crippen LogP contribution in [0.5, 0.6) is 0 Å². The Labute approximate surface area is 94.1 Å². The highest BCUT2D eigenvalue weighted by Crippen LogP contribution is 2.06. The fourth-order valence-electron chi connectivity index (χ4n) is 1.17. The first-order valence-electron chi connectivity index (χ1n) is 5.00. The molecular weight excluding hydrogens is 210 g/mol. The average Bonchev–Trinajstić information content (AvgIpc) is 2.70. The van der Waals surface area contributed by atoms with Crippen LogP contribution in [-0.4, -0.2) is 28.9 Å². The maximum Gasteiger partial charge on any atom is 0.224 e. The molecule has 1 heterocycles. The molecule has 0 aliphatic heterocycles. The summed E-state index contributed by atoms with van der Waals surface area (Å²) in [6.07, 6.45) is 1.24. The van der Waals surface area contributed by atoms with Crippen LogP contribution in [0.1, 0.15) is 25.5 Å². The molecule has 0 saturated carbocycles. The van der Waals surface area contributed by atoms with Gasteiger partial charge in [-0.05, 0) is 6.42 Å². The van der Waals surface area contributed by atoms with Gasteiger partial charge >= 0.3 is 0 Å². The molecule has 0 bridgehead atoms. The highest BCUT2D eigenvalue weighted by atomic mass is 32.1. The van der Waals surface area contributed by atoms with E-state index in [0.29, 0.717) is 13.0 Å². The zero-order chi connectivity index (χ0) is 11.3. The predicted molar refractivity (Wildman–Crippen MR) is 61.5 cm³/mol. The van der Waals surface area contributed by atoms with E-state index in [4.69, 9.17) is 5.73 Å². The maximum atomic E-state index is 11.7. The Bertz CT molecular complexity index is 300. The molecule has 0 aromatic carbocycles. The molecule has 0 fully saturated rings. The summed E-state index contributed by atoms with van der Waals surface area (Å²) in [5, 5.41) is 1.95. The van der Waals surface area contributed by atoms with Crippen molar-refractivity contribution in [2.45, 2.75) is 32.4 Å². The van der Waals surface area contributed by atoms with Crippen molar-refractivity contribution in [3.63, 3.8) is 0 Å². The molecule has 4 nitrogen and oxygen atoms in total. The molecule has 1 unspecified atom stereocenters. The van der Waals surface area contributed by atoms with E-state index in [2.05, 4.69) is 4.98 Å². The summed E-state index contributed by atoms with van der Waals surface area (Å²) < 4.78 is 0. The van der Waals surface area contributed by atoms with Gasteiger partial charge in [0, 0.05) is 24.9 Å². The van der Waals surface area contributed by atoms with E-state index < -0.39 is 0 Å². The van der Waals surface area contributed by atoms with E-state index in [1.54, 1.807) is 17.5 Å². The highest BCUT2D eigenvalue weighted by Gasteiger charge is 2.13. The molecule has 1 atom stereocenters. The molecule has 84 valence electrons. The van der Waals surface area contributed by atoms with E-state index in [1.165, 1.54) is 11.3 Å². The van der Waals surface area contributed by atoms with Crippen molar-refractivity contribution in [1.29, 1.82) is 0 Å². The third-order valence-corrected chi connectivity index (χ3v) is 2.90. The Morgan fingerprint density at radius 2 is 2.47 bits per heavy atom. The first-order chi connectivity index (χ1) is 7.13. The van der Waals surface area contributed by atoms with Gasteiger partial charge in [-0.1, -0.05) is 6.92 Å². The van der Waals surface area contributed by atoms with E-state index >= 15 is 0 Å². The number of nitrogens with zero attached hydrogens (tertiary/aromatic N) is 2. The number of nitrogens with two attached hydrogens (primary N) is 1. The molecule has 15 heavy (non-hydrogen) atoms. The first kappa shape index (κ1) is 12.1. The van der Waals surface area contributed by atoms with Gasteiger partial charge in [0.15, 0.2) is 0 Å². The summed E-state index contributed by atoms with van der Waals surface area (Å²) in [5.41, 5.74) is 8.42. The molecule has 0 aliphatic rings. The van der Waals surface area contributed by atoms with E-state index in [9.17, 15) is 4.79 Å². The molecule has 1 aromatic heterocycles. The zero-order valence-electron chi connectivity index (χ0n) is 9.14.